The Labute approximate surface area is 104 Å². The Bertz CT molecular complexity index is 523. The van der Waals surface area contributed by atoms with Crippen LogP contribution in [-0.2, 0) is 3.74 Å². The molecule has 5 N–H and O–H groups in total. The van der Waals surface area contributed by atoms with Gasteiger partial charge in [-0.3, -0.25) is 0 Å². The summed E-state index contributed by atoms with van der Waals surface area (Å²) in [6.45, 7) is 0. The third kappa shape index (κ3) is 3.01. The van der Waals surface area contributed by atoms with E-state index in [2.05, 4.69) is 15.3 Å². The van der Waals surface area contributed by atoms with Crippen LogP contribution in [0.2, 0.25) is 0 Å². The number of aromatic nitrogens is 2. The Morgan fingerprint density at radius 2 is 1.82 bits per heavy atom. The first kappa shape index (κ1) is 11.5. The van der Waals surface area contributed by atoms with E-state index in [1.54, 1.807) is 18.2 Å². The van der Waals surface area contributed by atoms with Crippen LogP contribution in [0.3, 0.4) is 0 Å². The molecule has 0 spiro atoms. The van der Waals surface area contributed by atoms with Crippen LogP contribution in [0.1, 0.15) is 0 Å². The van der Waals surface area contributed by atoms with Gasteiger partial charge in [0.2, 0.25) is 0 Å². The summed E-state index contributed by atoms with van der Waals surface area (Å²) in [4.78, 5) is 7.76. The quantitative estimate of drug-likeness (QED) is 0.690. The zero-order chi connectivity index (χ0) is 12.3. The van der Waals surface area contributed by atoms with Gasteiger partial charge in [-0.15, -0.1) is 0 Å². The van der Waals surface area contributed by atoms with Crippen molar-refractivity contribution in [1.29, 1.82) is 0 Å². The molecule has 0 aliphatic heterocycles. The Hall–Kier alpha value is -1.94. The van der Waals surface area contributed by atoms with Crippen molar-refractivity contribution in [3.8, 4) is 0 Å². The molecule has 0 saturated carbocycles. The number of hydrogen-bond acceptors (Lipinski definition) is 6. The summed E-state index contributed by atoms with van der Waals surface area (Å²) < 4.78 is 11.5. The summed E-state index contributed by atoms with van der Waals surface area (Å²) in [6.07, 6.45) is 0. The molecule has 86 valence electrons. The average molecular weight is 291 g/mol. The minimum absolute atomic E-state index is 0.119. The van der Waals surface area contributed by atoms with Gasteiger partial charge in [-0.05, 0) is 0 Å². The number of anilines is 4. The number of nitrogens with zero attached hydrogens (tertiary/aromatic N) is 2. The molecule has 0 atom stereocenters. The van der Waals surface area contributed by atoms with Crippen LogP contribution in [0.15, 0.2) is 30.3 Å². The number of benzene rings is 1. The maximum absolute atomic E-state index is 10.7. The fourth-order valence-corrected chi connectivity index (χ4v) is 1.87. The number of nitrogens with one attached hydrogen (secondary N) is 1. The van der Waals surface area contributed by atoms with Crippen LogP contribution in [0.5, 0.6) is 0 Å². The molecular weight excluding hydrogens is 281 g/mol. The molecule has 7 heteroatoms. The molecule has 0 fully saturated rings. The van der Waals surface area contributed by atoms with Crippen molar-refractivity contribution in [3.63, 3.8) is 0 Å². The van der Waals surface area contributed by atoms with E-state index in [0.717, 1.165) is 10.0 Å². The molecule has 2 rings (SSSR count). The van der Waals surface area contributed by atoms with Gasteiger partial charge < -0.3 is 0 Å². The van der Waals surface area contributed by atoms with Crippen molar-refractivity contribution in [2.24, 2.45) is 0 Å². The molecule has 2 aromatic rings. The number of rotatable bonds is 3. The topological polar surface area (TPSA) is 107 Å². The molecule has 17 heavy (non-hydrogen) atoms. The number of nitrogen functional groups attached to an aromatic ring is 2. The SMILES string of the molecule is Nc1cc(Nc2ccc([As]=O)cc2)nc(N)n1. The Balaban J connectivity index is 2.21. The molecule has 0 saturated heterocycles. The van der Waals surface area contributed by atoms with Crippen molar-refractivity contribution < 1.29 is 3.74 Å². The van der Waals surface area contributed by atoms with Crippen LogP contribution < -0.4 is 21.1 Å². The molecule has 0 unspecified atom stereocenters. The summed E-state index contributed by atoms with van der Waals surface area (Å²) in [5, 5.41) is 3.03. The Kier molecular flexibility index (Phi) is 3.34. The van der Waals surface area contributed by atoms with Crippen molar-refractivity contribution in [1.82, 2.24) is 9.97 Å². The van der Waals surface area contributed by atoms with Crippen LogP contribution in [0.4, 0.5) is 23.3 Å². The molecule has 0 aliphatic rings. The summed E-state index contributed by atoms with van der Waals surface area (Å²) in [5.41, 5.74) is 11.8. The van der Waals surface area contributed by atoms with Gasteiger partial charge in [0.15, 0.2) is 0 Å². The van der Waals surface area contributed by atoms with Crippen LogP contribution >= 0.6 is 0 Å². The second-order valence-electron chi connectivity index (χ2n) is 3.30. The zero-order valence-electron chi connectivity index (χ0n) is 8.79. The molecule has 6 nitrogen and oxygen atoms in total. The molecular formula is C10H10AsN5O. The summed E-state index contributed by atoms with van der Waals surface area (Å²) in [5.74, 6) is 0.952. The van der Waals surface area contributed by atoms with E-state index in [0.29, 0.717) is 11.6 Å². The van der Waals surface area contributed by atoms with Crippen molar-refractivity contribution in [2.75, 3.05) is 16.8 Å². The van der Waals surface area contributed by atoms with Crippen molar-refractivity contribution in [3.05, 3.63) is 30.3 Å². The van der Waals surface area contributed by atoms with Gasteiger partial charge in [0, 0.05) is 0 Å². The molecule has 0 radical (unpaired) electrons. The standard InChI is InChI=1S/C10H10AsN5O/c12-8-5-9(16-10(13)15-8)14-7-3-1-6(11-17)2-4-7/h1-5H,(H5,12,13,14,15,16). The average Bonchev–Trinajstić information content (AvgIpc) is 2.28. The Morgan fingerprint density at radius 1 is 1.12 bits per heavy atom. The molecule has 0 aliphatic carbocycles. The normalized spacial score (nSPS) is 10.4. The van der Waals surface area contributed by atoms with Crippen LogP contribution in [0, 0.1) is 0 Å². The Morgan fingerprint density at radius 3 is 2.41 bits per heavy atom. The third-order valence-electron chi connectivity index (χ3n) is 2.01. The van der Waals surface area contributed by atoms with E-state index in [1.807, 2.05) is 12.1 Å². The fraction of sp³-hybridized carbons (Fsp3) is 0. The third-order valence-corrected chi connectivity index (χ3v) is 3.08. The van der Waals surface area contributed by atoms with Gasteiger partial charge >= 0.3 is 104 Å². The van der Waals surface area contributed by atoms with E-state index >= 15 is 0 Å². The second-order valence-corrected chi connectivity index (χ2v) is 4.77. The van der Waals surface area contributed by atoms with Gasteiger partial charge in [-0.1, -0.05) is 0 Å². The zero-order valence-corrected chi connectivity index (χ0v) is 10.7. The first-order valence-corrected chi connectivity index (χ1v) is 6.48. The van der Waals surface area contributed by atoms with Gasteiger partial charge in [-0.25, -0.2) is 0 Å². The predicted molar refractivity (Wildman–Crippen MR) is 66.7 cm³/mol. The van der Waals surface area contributed by atoms with Gasteiger partial charge in [0.05, 0.1) is 0 Å². The number of hydrogen-bond donors (Lipinski definition) is 3. The van der Waals surface area contributed by atoms with Gasteiger partial charge in [0.1, 0.15) is 0 Å². The fourth-order valence-electron chi connectivity index (χ4n) is 1.30. The van der Waals surface area contributed by atoms with E-state index in [9.17, 15) is 3.74 Å². The molecule has 0 bridgehead atoms. The number of nitrogens with two attached hydrogens (primary N) is 2. The van der Waals surface area contributed by atoms with E-state index < -0.39 is 15.7 Å². The monoisotopic (exact) mass is 291 g/mol. The first-order chi connectivity index (χ1) is 8.17. The molecule has 1 heterocycles. The summed E-state index contributed by atoms with van der Waals surface area (Å²) >= 11 is -0.986. The van der Waals surface area contributed by atoms with E-state index in [4.69, 9.17) is 11.5 Å². The van der Waals surface area contributed by atoms with Crippen LogP contribution in [0.25, 0.3) is 0 Å². The maximum atomic E-state index is 10.7. The summed E-state index contributed by atoms with van der Waals surface area (Å²) in [7, 11) is 0. The second kappa shape index (κ2) is 4.93. The molecule has 1 aromatic carbocycles. The van der Waals surface area contributed by atoms with Crippen molar-refractivity contribution in [2.45, 2.75) is 0 Å². The molecule has 0 amide bonds. The van der Waals surface area contributed by atoms with E-state index in [1.165, 1.54) is 0 Å². The first-order valence-electron chi connectivity index (χ1n) is 4.78. The van der Waals surface area contributed by atoms with Crippen LogP contribution in [-0.4, -0.2) is 25.7 Å². The van der Waals surface area contributed by atoms with Gasteiger partial charge in [-0.2, -0.15) is 0 Å². The summed E-state index contributed by atoms with van der Waals surface area (Å²) in [6, 6.07) is 8.81. The van der Waals surface area contributed by atoms with Crippen molar-refractivity contribution >= 4 is 43.3 Å². The predicted octanol–water partition coefficient (Wildman–Crippen LogP) is 0.0596. The van der Waals surface area contributed by atoms with E-state index in [-0.39, 0.29) is 5.95 Å². The minimum atomic E-state index is -0.986. The molecule has 1 aromatic heterocycles. The van der Waals surface area contributed by atoms with Gasteiger partial charge in [0.25, 0.3) is 0 Å².